The first-order valence-corrected chi connectivity index (χ1v) is 7.50. The maximum Gasteiger partial charge on any atom is 0.252 e. The fraction of sp³-hybridized carbons (Fsp3) is 0.471. The Morgan fingerprint density at radius 2 is 1.75 bits per heavy atom. The van der Waals surface area contributed by atoms with E-state index in [0.29, 0.717) is 6.54 Å². The molecule has 3 nitrogen and oxygen atoms in total. The Morgan fingerprint density at radius 3 is 2.40 bits per heavy atom. The van der Waals surface area contributed by atoms with Crippen molar-refractivity contribution in [3.05, 3.63) is 46.2 Å². The van der Waals surface area contributed by atoms with Crippen LogP contribution in [-0.4, -0.2) is 10.5 Å². The average molecular weight is 272 g/mol. The lowest BCUT2D eigenvalue weighted by Crippen LogP contribution is -2.43. The molecule has 0 spiro atoms. The van der Waals surface area contributed by atoms with Gasteiger partial charge in [0.2, 0.25) is 0 Å². The van der Waals surface area contributed by atoms with Crippen LogP contribution in [0.1, 0.15) is 45.6 Å². The Balaban J connectivity index is 2.25. The number of nitrogens with one attached hydrogen (secondary N) is 2. The molecule has 3 heteroatoms. The van der Waals surface area contributed by atoms with Gasteiger partial charge in [-0.05, 0) is 36.8 Å². The van der Waals surface area contributed by atoms with Gasteiger partial charge in [-0.3, -0.25) is 4.79 Å². The van der Waals surface area contributed by atoms with Crippen molar-refractivity contribution >= 4 is 10.9 Å². The number of rotatable bonds is 6. The monoisotopic (exact) mass is 272 g/mol. The van der Waals surface area contributed by atoms with E-state index in [9.17, 15) is 4.79 Å². The third-order valence-corrected chi connectivity index (χ3v) is 4.51. The summed E-state index contributed by atoms with van der Waals surface area (Å²) < 4.78 is 0. The molecule has 0 saturated heterocycles. The second-order valence-electron chi connectivity index (χ2n) is 5.41. The van der Waals surface area contributed by atoms with Gasteiger partial charge >= 0.3 is 0 Å². The number of para-hydroxylation sites is 1. The predicted molar refractivity (Wildman–Crippen MR) is 85.0 cm³/mol. The van der Waals surface area contributed by atoms with Crippen LogP contribution < -0.4 is 10.9 Å². The van der Waals surface area contributed by atoms with Crippen molar-refractivity contribution in [2.75, 3.05) is 0 Å². The van der Waals surface area contributed by atoms with Crippen LogP contribution in [0, 0.1) is 0 Å². The number of fused-ring (bicyclic) bond motifs is 1. The van der Waals surface area contributed by atoms with E-state index >= 15 is 0 Å². The Bertz CT molecular complexity index is 618. The fourth-order valence-corrected chi connectivity index (χ4v) is 2.73. The first-order chi connectivity index (χ1) is 9.64. The topological polar surface area (TPSA) is 44.9 Å². The molecule has 0 bridgehead atoms. The van der Waals surface area contributed by atoms with Crippen LogP contribution in [0.3, 0.4) is 0 Å². The summed E-state index contributed by atoms with van der Waals surface area (Å²) in [5.74, 6) is 0. The summed E-state index contributed by atoms with van der Waals surface area (Å²) in [7, 11) is 0. The van der Waals surface area contributed by atoms with Gasteiger partial charge in [0.05, 0.1) is 0 Å². The minimum absolute atomic E-state index is 0.00779. The van der Waals surface area contributed by atoms with Gasteiger partial charge in [-0.2, -0.15) is 0 Å². The molecule has 2 rings (SSSR count). The Kier molecular flexibility index (Phi) is 4.61. The number of pyridine rings is 1. The molecule has 0 aliphatic carbocycles. The highest BCUT2D eigenvalue weighted by atomic mass is 16.1. The molecule has 1 aromatic heterocycles. The molecule has 0 aliphatic heterocycles. The van der Waals surface area contributed by atoms with Crippen LogP contribution in [0.15, 0.2) is 35.1 Å². The van der Waals surface area contributed by atoms with Crippen molar-refractivity contribution in [3.63, 3.8) is 0 Å². The number of H-pyrrole nitrogens is 1. The summed E-state index contributed by atoms with van der Waals surface area (Å²) in [5, 5.41) is 4.67. The van der Waals surface area contributed by atoms with E-state index in [1.807, 2.05) is 30.3 Å². The van der Waals surface area contributed by atoms with Crippen LogP contribution in [0.5, 0.6) is 0 Å². The highest BCUT2D eigenvalue weighted by Crippen LogP contribution is 2.20. The summed E-state index contributed by atoms with van der Waals surface area (Å²) in [6, 6.07) is 9.88. The molecule has 0 unspecified atom stereocenters. The lowest BCUT2D eigenvalue weighted by atomic mass is 9.89. The number of hydrogen-bond donors (Lipinski definition) is 2. The van der Waals surface area contributed by atoms with Crippen LogP contribution >= 0.6 is 0 Å². The fourth-order valence-electron chi connectivity index (χ4n) is 2.73. The SMILES string of the molecule is CCC(CC)(CC)NCc1cc2ccccc2[nH]c1=O. The zero-order valence-corrected chi connectivity index (χ0v) is 12.6. The summed E-state index contributed by atoms with van der Waals surface area (Å²) in [4.78, 5) is 15.1. The van der Waals surface area contributed by atoms with Crippen molar-refractivity contribution in [1.82, 2.24) is 10.3 Å². The standard InChI is InChI=1S/C17H24N2O/c1-4-17(5-2,6-3)18-12-14-11-13-9-7-8-10-15(13)19-16(14)20/h7-11,18H,4-6,12H2,1-3H3,(H,19,20). The first kappa shape index (κ1) is 14.8. The van der Waals surface area contributed by atoms with Crippen molar-refractivity contribution in [3.8, 4) is 0 Å². The summed E-state index contributed by atoms with van der Waals surface area (Å²) >= 11 is 0. The smallest absolute Gasteiger partial charge is 0.252 e. The molecule has 0 amide bonds. The van der Waals surface area contributed by atoms with Gasteiger partial charge < -0.3 is 10.3 Å². The maximum atomic E-state index is 12.1. The van der Waals surface area contributed by atoms with E-state index in [-0.39, 0.29) is 11.1 Å². The second kappa shape index (κ2) is 6.23. The molecule has 2 N–H and O–H groups in total. The number of aromatic nitrogens is 1. The number of aromatic amines is 1. The van der Waals surface area contributed by atoms with Gasteiger partial charge in [-0.25, -0.2) is 0 Å². The lowest BCUT2D eigenvalue weighted by Gasteiger charge is -2.32. The predicted octanol–water partition coefficient (Wildman–Crippen LogP) is 3.59. The summed E-state index contributed by atoms with van der Waals surface area (Å²) in [6.45, 7) is 7.22. The molecule has 1 heterocycles. The largest absolute Gasteiger partial charge is 0.322 e. The molecular weight excluding hydrogens is 248 g/mol. The minimum Gasteiger partial charge on any atom is -0.322 e. The Hall–Kier alpha value is -1.61. The van der Waals surface area contributed by atoms with Gasteiger partial charge in [0.1, 0.15) is 0 Å². The molecule has 0 radical (unpaired) electrons. The molecule has 2 aromatic rings. The first-order valence-electron chi connectivity index (χ1n) is 7.50. The maximum absolute atomic E-state index is 12.1. The zero-order valence-electron chi connectivity index (χ0n) is 12.6. The average Bonchev–Trinajstić information content (AvgIpc) is 2.49. The van der Waals surface area contributed by atoms with Crippen LogP contribution in [0.4, 0.5) is 0 Å². The van der Waals surface area contributed by atoms with Gasteiger partial charge in [-0.1, -0.05) is 39.0 Å². The highest BCUT2D eigenvalue weighted by Gasteiger charge is 2.23. The van der Waals surface area contributed by atoms with Crippen LogP contribution in [0.25, 0.3) is 10.9 Å². The molecule has 0 saturated carbocycles. The van der Waals surface area contributed by atoms with Gasteiger partial charge in [0.15, 0.2) is 0 Å². The van der Waals surface area contributed by atoms with Crippen LogP contribution in [0.2, 0.25) is 0 Å². The highest BCUT2D eigenvalue weighted by molar-refractivity contribution is 5.78. The lowest BCUT2D eigenvalue weighted by molar-refractivity contribution is 0.287. The molecule has 108 valence electrons. The molecule has 0 aliphatic rings. The van der Waals surface area contributed by atoms with Gasteiger partial charge in [0, 0.05) is 23.2 Å². The normalized spacial score (nSPS) is 11.9. The third kappa shape index (κ3) is 2.93. The summed E-state index contributed by atoms with van der Waals surface area (Å²) in [5.41, 5.74) is 1.85. The van der Waals surface area contributed by atoms with Crippen molar-refractivity contribution < 1.29 is 0 Å². The Morgan fingerprint density at radius 1 is 1.10 bits per heavy atom. The van der Waals surface area contributed by atoms with E-state index < -0.39 is 0 Å². The minimum atomic E-state index is 0.00779. The molecular formula is C17H24N2O. The Labute approximate surface area is 120 Å². The van der Waals surface area contributed by atoms with E-state index in [4.69, 9.17) is 0 Å². The van der Waals surface area contributed by atoms with Crippen molar-refractivity contribution in [2.24, 2.45) is 0 Å². The number of benzene rings is 1. The van der Waals surface area contributed by atoms with Crippen LogP contribution in [-0.2, 0) is 6.54 Å². The van der Waals surface area contributed by atoms with Crippen molar-refractivity contribution in [1.29, 1.82) is 0 Å². The van der Waals surface area contributed by atoms with Gasteiger partial charge in [0.25, 0.3) is 5.56 Å². The van der Waals surface area contributed by atoms with E-state index in [1.54, 1.807) is 0 Å². The number of hydrogen-bond acceptors (Lipinski definition) is 2. The molecule has 1 aromatic carbocycles. The summed E-state index contributed by atoms with van der Waals surface area (Å²) in [6.07, 6.45) is 3.22. The second-order valence-corrected chi connectivity index (χ2v) is 5.41. The van der Waals surface area contributed by atoms with E-state index in [1.165, 1.54) is 0 Å². The quantitative estimate of drug-likeness (QED) is 0.844. The molecule has 0 atom stereocenters. The van der Waals surface area contributed by atoms with Crippen molar-refractivity contribution in [2.45, 2.75) is 52.1 Å². The van der Waals surface area contributed by atoms with E-state index in [0.717, 1.165) is 35.7 Å². The molecule has 20 heavy (non-hydrogen) atoms. The zero-order chi connectivity index (χ0) is 14.6. The van der Waals surface area contributed by atoms with Gasteiger partial charge in [-0.15, -0.1) is 0 Å². The third-order valence-electron chi connectivity index (χ3n) is 4.51. The van der Waals surface area contributed by atoms with E-state index in [2.05, 4.69) is 31.1 Å². The molecule has 0 fully saturated rings.